The molecule has 0 radical (unpaired) electrons. The van der Waals surface area contributed by atoms with Crippen LogP contribution in [-0.4, -0.2) is 41.9 Å². The van der Waals surface area contributed by atoms with Crippen molar-refractivity contribution in [3.8, 4) is 17.0 Å². The van der Waals surface area contributed by atoms with Gasteiger partial charge in [-0.2, -0.15) is 5.10 Å². The van der Waals surface area contributed by atoms with Crippen molar-refractivity contribution in [1.29, 1.82) is 0 Å². The van der Waals surface area contributed by atoms with Gasteiger partial charge < -0.3 is 14.8 Å². The Hall–Kier alpha value is -3.94. The number of hydrogen-bond acceptors (Lipinski definition) is 6. The first-order chi connectivity index (χ1) is 15.0. The molecule has 1 N–H and O–H groups in total. The molecule has 31 heavy (non-hydrogen) atoms. The lowest BCUT2D eigenvalue weighted by atomic mass is 10.1. The highest BCUT2D eigenvalue weighted by Gasteiger charge is 2.22. The zero-order valence-corrected chi connectivity index (χ0v) is 17.3. The molecule has 0 aliphatic carbocycles. The molecular weight excluding hydrogens is 398 g/mol. The molecule has 1 atom stereocenters. The average Bonchev–Trinajstić information content (AvgIpc) is 2.80. The number of benzene rings is 2. The third-order valence-electron chi connectivity index (χ3n) is 4.65. The quantitative estimate of drug-likeness (QED) is 0.557. The summed E-state index contributed by atoms with van der Waals surface area (Å²) in [4.78, 5) is 36.9. The molecule has 0 fully saturated rings. The molecule has 8 heteroatoms. The number of methoxy groups -OCH3 is 2. The van der Waals surface area contributed by atoms with Crippen LogP contribution in [0.15, 0.2) is 71.5 Å². The molecule has 0 aliphatic heterocycles. The average molecular weight is 421 g/mol. The molecule has 3 rings (SSSR count). The van der Waals surface area contributed by atoms with E-state index in [0.29, 0.717) is 11.4 Å². The molecule has 0 saturated heterocycles. The summed E-state index contributed by atoms with van der Waals surface area (Å²) in [5.74, 6) is -0.388. The topological polar surface area (TPSA) is 99.5 Å². The van der Waals surface area contributed by atoms with Crippen LogP contribution >= 0.6 is 0 Å². The maximum Gasteiger partial charge on any atom is 0.328 e. The number of ether oxygens (including phenoxy) is 2. The highest BCUT2D eigenvalue weighted by Crippen LogP contribution is 2.19. The van der Waals surface area contributed by atoms with Gasteiger partial charge in [-0.25, -0.2) is 9.48 Å². The van der Waals surface area contributed by atoms with Crippen molar-refractivity contribution in [3.05, 3.63) is 82.6 Å². The van der Waals surface area contributed by atoms with Gasteiger partial charge in [0.25, 0.3) is 5.56 Å². The largest absolute Gasteiger partial charge is 0.497 e. The fourth-order valence-corrected chi connectivity index (χ4v) is 3.04. The van der Waals surface area contributed by atoms with E-state index in [-0.39, 0.29) is 13.0 Å². The number of carbonyl (C=O) groups is 2. The molecule has 3 aromatic rings. The number of nitrogens with zero attached hydrogens (tertiary/aromatic N) is 2. The molecule has 1 unspecified atom stereocenters. The Bertz CT molecular complexity index is 1090. The fraction of sp³-hybridized carbons (Fsp3) is 0.217. The van der Waals surface area contributed by atoms with E-state index in [4.69, 9.17) is 9.47 Å². The van der Waals surface area contributed by atoms with Crippen LogP contribution in [0, 0.1) is 0 Å². The van der Waals surface area contributed by atoms with Gasteiger partial charge in [0.1, 0.15) is 18.3 Å². The van der Waals surface area contributed by atoms with Crippen molar-refractivity contribution in [2.24, 2.45) is 0 Å². The summed E-state index contributed by atoms with van der Waals surface area (Å²) < 4.78 is 11.0. The Kier molecular flexibility index (Phi) is 7.16. The SMILES string of the molecule is COC(=O)C(Cc1ccccc1)NC(=O)Cn1nc(-c2ccc(OC)cc2)ccc1=O. The normalized spacial score (nSPS) is 11.4. The molecule has 0 aliphatic rings. The monoisotopic (exact) mass is 421 g/mol. The van der Waals surface area contributed by atoms with Gasteiger partial charge >= 0.3 is 5.97 Å². The number of carbonyl (C=O) groups excluding carboxylic acids is 2. The number of nitrogens with one attached hydrogen (secondary N) is 1. The van der Waals surface area contributed by atoms with Gasteiger partial charge in [0.2, 0.25) is 5.91 Å². The Labute approximate surface area is 179 Å². The van der Waals surface area contributed by atoms with Crippen molar-refractivity contribution in [3.63, 3.8) is 0 Å². The van der Waals surface area contributed by atoms with Crippen LogP contribution in [0.3, 0.4) is 0 Å². The van der Waals surface area contributed by atoms with Crippen LogP contribution in [0.2, 0.25) is 0 Å². The van der Waals surface area contributed by atoms with Crippen molar-refractivity contribution in [1.82, 2.24) is 15.1 Å². The summed E-state index contributed by atoms with van der Waals surface area (Å²) >= 11 is 0. The Morgan fingerprint density at radius 2 is 1.71 bits per heavy atom. The third kappa shape index (κ3) is 5.79. The van der Waals surface area contributed by atoms with Crippen LogP contribution in [0.5, 0.6) is 5.75 Å². The number of amides is 1. The van der Waals surface area contributed by atoms with Crippen LogP contribution < -0.4 is 15.6 Å². The first kappa shape index (κ1) is 21.8. The predicted molar refractivity (Wildman–Crippen MR) is 115 cm³/mol. The standard InChI is InChI=1S/C23H23N3O5/c1-30-18-10-8-17(9-11-18)19-12-13-22(28)26(25-19)15-21(27)24-20(23(29)31-2)14-16-6-4-3-5-7-16/h3-13,20H,14-15H2,1-2H3,(H,24,27). The van der Waals surface area contributed by atoms with Crippen molar-refractivity contribution >= 4 is 11.9 Å². The Morgan fingerprint density at radius 3 is 2.35 bits per heavy atom. The first-order valence-electron chi connectivity index (χ1n) is 9.64. The smallest absolute Gasteiger partial charge is 0.328 e. The molecule has 1 aromatic heterocycles. The third-order valence-corrected chi connectivity index (χ3v) is 4.65. The summed E-state index contributed by atoms with van der Waals surface area (Å²) in [7, 11) is 2.84. The van der Waals surface area contributed by atoms with Crippen LogP contribution in [0.25, 0.3) is 11.3 Å². The van der Waals surface area contributed by atoms with Crippen LogP contribution in [-0.2, 0) is 27.3 Å². The van der Waals surface area contributed by atoms with E-state index in [2.05, 4.69) is 10.4 Å². The van der Waals surface area contributed by atoms with E-state index in [0.717, 1.165) is 15.8 Å². The van der Waals surface area contributed by atoms with Crippen molar-refractivity contribution in [2.75, 3.05) is 14.2 Å². The number of hydrogen-bond donors (Lipinski definition) is 1. The van der Waals surface area contributed by atoms with Gasteiger partial charge in [0.05, 0.1) is 19.9 Å². The highest BCUT2D eigenvalue weighted by molar-refractivity contribution is 5.84. The number of esters is 1. The zero-order chi connectivity index (χ0) is 22.2. The molecular formula is C23H23N3O5. The lowest BCUT2D eigenvalue weighted by Gasteiger charge is -2.17. The van der Waals surface area contributed by atoms with Gasteiger partial charge in [0.15, 0.2) is 0 Å². The zero-order valence-electron chi connectivity index (χ0n) is 17.3. The van der Waals surface area contributed by atoms with E-state index in [9.17, 15) is 14.4 Å². The minimum absolute atomic E-state index is 0.271. The summed E-state index contributed by atoms with van der Waals surface area (Å²) in [5, 5.41) is 6.92. The minimum Gasteiger partial charge on any atom is -0.497 e. The van der Waals surface area contributed by atoms with Gasteiger partial charge in [0, 0.05) is 18.1 Å². The van der Waals surface area contributed by atoms with Crippen molar-refractivity contribution in [2.45, 2.75) is 19.0 Å². The van der Waals surface area contributed by atoms with Gasteiger partial charge in [-0.1, -0.05) is 30.3 Å². The second-order valence-electron chi connectivity index (χ2n) is 6.78. The van der Waals surface area contributed by atoms with Gasteiger partial charge in [-0.15, -0.1) is 0 Å². The molecule has 1 amide bonds. The Balaban J connectivity index is 1.74. The minimum atomic E-state index is -0.875. The summed E-state index contributed by atoms with van der Waals surface area (Å²) in [6.07, 6.45) is 0.271. The fourth-order valence-electron chi connectivity index (χ4n) is 3.04. The number of rotatable bonds is 8. The van der Waals surface area contributed by atoms with E-state index in [1.807, 2.05) is 42.5 Å². The maximum atomic E-state index is 12.6. The molecule has 2 aromatic carbocycles. The van der Waals surface area contributed by atoms with E-state index in [1.165, 1.54) is 13.2 Å². The van der Waals surface area contributed by atoms with E-state index in [1.54, 1.807) is 25.3 Å². The second-order valence-corrected chi connectivity index (χ2v) is 6.78. The van der Waals surface area contributed by atoms with Crippen LogP contribution in [0.4, 0.5) is 0 Å². The van der Waals surface area contributed by atoms with Crippen LogP contribution in [0.1, 0.15) is 5.56 Å². The van der Waals surface area contributed by atoms with E-state index >= 15 is 0 Å². The summed E-state index contributed by atoms with van der Waals surface area (Å²) in [6.45, 7) is -0.328. The lowest BCUT2D eigenvalue weighted by Crippen LogP contribution is -2.45. The molecule has 1 heterocycles. The highest BCUT2D eigenvalue weighted by atomic mass is 16.5. The van der Waals surface area contributed by atoms with Gasteiger partial charge in [-0.3, -0.25) is 9.59 Å². The van der Waals surface area contributed by atoms with Gasteiger partial charge in [-0.05, 0) is 35.9 Å². The number of aromatic nitrogens is 2. The molecule has 8 nitrogen and oxygen atoms in total. The maximum absolute atomic E-state index is 12.6. The second kappa shape index (κ2) is 10.2. The summed E-state index contributed by atoms with van der Waals surface area (Å²) in [5.41, 5.74) is 1.75. The predicted octanol–water partition coefficient (Wildman–Crippen LogP) is 1.82. The molecule has 0 saturated carbocycles. The van der Waals surface area contributed by atoms with Crippen molar-refractivity contribution < 1.29 is 19.1 Å². The first-order valence-corrected chi connectivity index (χ1v) is 9.64. The Morgan fingerprint density at radius 1 is 1.00 bits per heavy atom. The lowest BCUT2D eigenvalue weighted by molar-refractivity contribution is -0.145. The molecule has 0 bridgehead atoms. The molecule has 0 spiro atoms. The molecule has 160 valence electrons. The van der Waals surface area contributed by atoms with E-state index < -0.39 is 23.5 Å². The summed E-state index contributed by atoms with van der Waals surface area (Å²) in [6, 6.07) is 18.5.